The van der Waals surface area contributed by atoms with E-state index in [-0.39, 0.29) is 0 Å². The van der Waals surface area contributed by atoms with E-state index in [1.54, 1.807) is 6.92 Å². The second-order valence-corrected chi connectivity index (χ2v) is 8.66. The molecule has 1 rings (SSSR count). The van der Waals surface area contributed by atoms with E-state index < -0.39 is 14.2 Å². The molecule has 0 saturated carbocycles. The molecule has 1 aromatic rings. The Morgan fingerprint density at radius 2 is 1.79 bits per heavy atom. The van der Waals surface area contributed by atoms with Gasteiger partial charge in [-0.3, -0.25) is 0 Å². The fourth-order valence-corrected chi connectivity index (χ4v) is 4.00. The van der Waals surface area contributed by atoms with Crippen molar-refractivity contribution in [2.24, 2.45) is 0 Å². The normalized spacial score (nSPS) is 13.7. The van der Waals surface area contributed by atoms with Crippen LogP contribution in [0.3, 0.4) is 0 Å². The Kier molecular flexibility index (Phi) is 3.29. The standard InChI is InChI=1S/C12H18OSi/c1-10(13)11(2)14(3,4)12-8-6-5-7-9-12/h5-10,13H,2H2,1,3-4H3. The SMILES string of the molecule is C=C(C(C)O)[Si](C)(C)c1ccccc1. The zero-order valence-corrected chi connectivity index (χ0v) is 10.1. The molecular weight excluding hydrogens is 188 g/mol. The van der Waals surface area contributed by atoms with Crippen LogP contribution >= 0.6 is 0 Å². The summed E-state index contributed by atoms with van der Waals surface area (Å²) in [5, 5.41) is 11.9. The van der Waals surface area contributed by atoms with Crippen LogP contribution < -0.4 is 5.19 Å². The smallest absolute Gasteiger partial charge is 0.110 e. The van der Waals surface area contributed by atoms with Gasteiger partial charge in [-0.2, -0.15) is 0 Å². The maximum Gasteiger partial charge on any atom is 0.110 e. The van der Waals surface area contributed by atoms with Gasteiger partial charge in [-0.25, -0.2) is 0 Å². The van der Waals surface area contributed by atoms with Crippen LogP contribution in [-0.4, -0.2) is 19.3 Å². The molecule has 1 atom stereocenters. The summed E-state index contributed by atoms with van der Waals surface area (Å²) < 4.78 is 0. The van der Waals surface area contributed by atoms with Crippen molar-refractivity contribution in [2.75, 3.05) is 0 Å². The molecular formula is C12H18OSi. The number of hydrogen-bond donors (Lipinski definition) is 1. The van der Waals surface area contributed by atoms with E-state index in [4.69, 9.17) is 0 Å². The summed E-state index contributed by atoms with van der Waals surface area (Å²) in [5.74, 6) is 0. The fourth-order valence-electron chi connectivity index (χ4n) is 1.56. The average Bonchev–Trinajstić information content (AvgIpc) is 2.18. The molecule has 0 fully saturated rings. The third-order valence-electron chi connectivity index (χ3n) is 2.80. The number of benzene rings is 1. The maximum atomic E-state index is 9.55. The van der Waals surface area contributed by atoms with Crippen LogP contribution in [0.2, 0.25) is 13.1 Å². The Hall–Kier alpha value is -0.863. The monoisotopic (exact) mass is 206 g/mol. The highest BCUT2D eigenvalue weighted by molar-refractivity contribution is 6.95. The van der Waals surface area contributed by atoms with Gasteiger partial charge in [-0.1, -0.05) is 53.8 Å². The maximum absolute atomic E-state index is 9.55. The van der Waals surface area contributed by atoms with E-state index in [0.717, 1.165) is 5.20 Å². The van der Waals surface area contributed by atoms with Crippen molar-refractivity contribution in [3.8, 4) is 0 Å². The zero-order valence-electron chi connectivity index (χ0n) is 9.12. The van der Waals surface area contributed by atoms with Crippen molar-refractivity contribution in [2.45, 2.75) is 26.1 Å². The van der Waals surface area contributed by atoms with Crippen LogP contribution in [0.5, 0.6) is 0 Å². The first-order valence-electron chi connectivity index (χ1n) is 4.89. The van der Waals surface area contributed by atoms with Crippen molar-refractivity contribution >= 4 is 13.3 Å². The van der Waals surface area contributed by atoms with E-state index in [0.29, 0.717) is 0 Å². The molecule has 0 radical (unpaired) electrons. The molecule has 0 spiro atoms. The summed E-state index contributed by atoms with van der Waals surface area (Å²) in [6.07, 6.45) is -0.406. The Morgan fingerprint density at radius 3 is 2.21 bits per heavy atom. The van der Waals surface area contributed by atoms with E-state index in [2.05, 4.69) is 31.8 Å². The molecule has 0 bridgehead atoms. The molecule has 1 nitrogen and oxygen atoms in total. The van der Waals surface area contributed by atoms with Gasteiger partial charge in [0.25, 0.3) is 0 Å². The van der Waals surface area contributed by atoms with Crippen LogP contribution in [0, 0.1) is 0 Å². The molecule has 1 aromatic carbocycles. The second-order valence-electron chi connectivity index (χ2n) is 4.19. The summed E-state index contributed by atoms with van der Waals surface area (Å²) >= 11 is 0. The molecule has 0 amide bonds. The molecule has 0 saturated heterocycles. The highest BCUT2D eigenvalue weighted by Gasteiger charge is 2.28. The van der Waals surface area contributed by atoms with Crippen molar-refractivity contribution in [1.29, 1.82) is 0 Å². The van der Waals surface area contributed by atoms with E-state index in [1.807, 2.05) is 18.2 Å². The van der Waals surface area contributed by atoms with Crippen LogP contribution in [-0.2, 0) is 0 Å². The number of aliphatic hydroxyl groups excluding tert-OH is 1. The first kappa shape index (κ1) is 11.2. The summed E-state index contributed by atoms with van der Waals surface area (Å²) in [6, 6.07) is 10.3. The van der Waals surface area contributed by atoms with Crippen LogP contribution in [0.4, 0.5) is 0 Å². The first-order valence-corrected chi connectivity index (χ1v) is 7.89. The quantitative estimate of drug-likeness (QED) is 0.751. The van der Waals surface area contributed by atoms with Gasteiger partial charge in [-0.05, 0) is 6.92 Å². The predicted molar refractivity (Wildman–Crippen MR) is 64.4 cm³/mol. The van der Waals surface area contributed by atoms with Gasteiger partial charge in [0, 0.05) is 0 Å². The average molecular weight is 206 g/mol. The van der Waals surface area contributed by atoms with Gasteiger partial charge in [0.2, 0.25) is 0 Å². The minimum Gasteiger partial charge on any atom is -0.389 e. The second kappa shape index (κ2) is 4.11. The largest absolute Gasteiger partial charge is 0.389 e. The third-order valence-corrected chi connectivity index (χ3v) is 6.60. The minimum atomic E-state index is -1.69. The Morgan fingerprint density at radius 1 is 1.29 bits per heavy atom. The minimum absolute atomic E-state index is 0.406. The molecule has 76 valence electrons. The predicted octanol–water partition coefficient (Wildman–Crippen LogP) is 2.08. The number of rotatable bonds is 3. The third kappa shape index (κ3) is 2.14. The number of aliphatic hydroxyl groups is 1. The molecule has 0 aliphatic heterocycles. The molecule has 0 aromatic heterocycles. The summed E-state index contributed by atoms with van der Waals surface area (Å²) in [5.41, 5.74) is 0. The molecule has 0 heterocycles. The van der Waals surface area contributed by atoms with Gasteiger partial charge in [0.15, 0.2) is 0 Å². The lowest BCUT2D eigenvalue weighted by atomic mass is 10.4. The molecule has 0 aliphatic rings. The van der Waals surface area contributed by atoms with Gasteiger partial charge >= 0.3 is 0 Å². The Balaban J connectivity index is 3.02. The number of hydrogen-bond acceptors (Lipinski definition) is 1. The van der Waals surface area contributed by atoms with Crippen LogP contribution in [0.25, 0.3) is 0 Å². The topological polar surface area (TPSA) is 20.2 Å². The van der Waals surface area contributed by atoms with E-state index in [9.17, 15) is 5.11 Å². The molecule has 0 aliphatic carbocycles. The van der Waals surface area contributed by atoms with Gasteiger partial charge in [0.1, 0.15) is 8.07 Å². The fraction of sp³-hybridized carbons (Fsp3) is 0.333. The molecule has 14 heavy (non-hydrogen) atoms. The first-order chi connectivity index (χ1) is 6.46. The van der Waals surface area contributed by atoms with Gasteiger partial charge in [-0.15, -0.1) is 6.58 Å². The highest BCUT2D eigenvalue weighted by Crippen LogP contribution is 2.16. The van der Waals surface area contributed by atoms with Crippen molar-refractivity contribution in [1.82, 2.24) is 0 Å². The highest BCUT2D eigenvalue weighted by atomic mass is 28.3. The lowest BCUT2D eigenvalue weighted by molar-refractivity contribution is 0.238. The summed E-state index contributed by atoms with van der Waals surface area (Å²) in [4.78, 5) is 0. The van der Waals surface area contributed by atoms with E-state index >= 15 is 0 Å². The van der Waals surface area contributed by atoms with Crippen LogP contribution in [0.1, 0.15) is 6.92 Å². The Bertz CT molecular complexity index is 314. The summed E-state index contributed by atoms with van der Waals surface area (Å²) in [6.45, 7) is 10.2. The van der Waals surface area contributed by atoms with Gasteiger partial charge < -0.3 is 5.11 Å². The van der Waals surface area contributed by atoms with E-state index in [1.165, 1.54) is 5.19 Å². The lowest BCUT2D eigenvalue weighted by Crippen LogP contribution is -2.46. The van der Waals surface area contributed by atoms with Crippen molar-refractivity contribution < 1.29 is 5.11 Å². The van der Waals surface area contributed by atoms with Crippen molar-refractivity contribution in [3.05, 3.63) is 42.1 Å². The molecule has 2 heteroatoms. The molecule has 1 N–H and O–H groups in total. The molecule has 1 unspecified atom stereocenters. The zero-order chi connectivity index (χ0) is 10.8. The summed E-state index contributed by atoms with van der Waals surface area (Å²) in [7, 11) is -1.69. The lowest BCUT2D eigenvalue weighted by Gasteiger charge is -2.27. The van der Waals surface area contributed by atoms with Crippen molar-refractivity contribution in [3.63, 3.8) is 0 Å². The Labute approximate surface area is 87.1 Å². The van der Waals surface area contributed by atoms with Gasteiger partial charge in [0.05, 0.1) is 6.10 Å². The van der Waals surface area contributed by atoms with Crippen LogP contribution in [0.15, 0.2) is 42.1 Å².